The lowest BCUT2D eigenvalue weighted by molar-refractivity contribution is -0.121. The first-order valence-electron chi connectivity index (χ1n) is 8.01. The van der Waals surface area contributed by atoms with E-state index in [1.165, 1.54) is 0 Å². The number of carbonyl (C=O) groups is 1. The molecule has 5 heteroatoms. The number of rotatable bonds is 8. The molecule has 0 aliphatic rings. The third-order valence-electron chi connectivity index (χ3n) is 3.91. The van der Waals surface area contributed by atoms with Gasteiger partial charge in [0.15, 0.2) is 0 Å². The van der Waals surface area contributed by atoms with Crippen molar-refractivity contribution in [1.29, 1.82) is 0 Å². The van der Waals surface area contributed by atoms with Crippen molar-refractivity contribution in [2.45, 2.75) is 26.8 Å². The van der Waals surface area contributed by atoms with Gasteiger partial charge in [0.1, 0.15) is 11.3 Å². The van der Waals surface area contributed by atoms with Gasteiger partial charge in [-0.3, -0.25) is 4.79 Å². The van der Waals surface area contributed by atoms with Crippen molar-refractivity contribution >= 4 is 16.9 Å². The number of aryl methyl sites for hydroxylation is 1. The van der Waals surface area contributed by atoms with E-state index in [1.807, 2.05) is 31.2 Å². The summed E-state index contributed by atoms with van der Waals surface area (Å²) in [5.41, 5.74) is 1.95. The first-order valence-corrected chi connectivity index (χ1v) is 8.01. The molecule has 2 N–H and O–H groups in total. The van der Waals surface area contributed by atoms with E-state index in [0.29, 0.717) is 13.2 Å². The fraction of sp³-hybridized carbons (Fsp3) is 0.500. The first-order chi connectivity index (χ1) is 11.0. The van der Waals surface area contributed by atoms with Crippen LogP contribution in [0.2, 0.25) is 0 Å². The Morgan fingerprint density at radius 1 is 1.30 bits per heavy atom. The van der Waals surface area contributed by atoms with E-state index < -0.39 is 0 Å². The van der Waals surface area contributed by atoms with E-state index in [4.69, 9.17) is 9.15 Å². The number of hydrogen-bond acceptors (Lipinski definition) is 4. The number of benzene rings is 1. The van der Waals surface area contributed by atoms with Crippen molar-refractivity contribution < 1.29 is 13.9 Å². The molecule has 0 saturated carbocycles. The summed E-state index contributed by atoms with van der Waals surface area (Å²) in [6, 6.07) is 7.81. The molecule has 0 saturated heterocycles. The van der Waals surface area contributed by atoms with Crippen molar-refractivity contribution in [3.63, 3.8) is 0 Å². The summed E-state index contributed by atoms with van der Waals surface area (Å²) in [5, 5.41) is 7.23. The maximum Gasteiger partial charge on any atom is 0.234 e. The molecular weight excluding hydrogens is 292 g/mol. The second kappa shape index (κ2) is 8.13. The summed E-state index contributed by atoms with van der Waals surface area (Å²) >= 11 is 0. The van der Waals surface area contributed by atoms with E-state index in [0.717, 1.165) is 22.3 Å². The minimum Gasteiger partial charge on any atom is -0.459 e. The molecule has 1 unspecified atom stereocenters. The molecule has 5 nitrogen and oxygen atoms in total. The molecule has 1 aromatic carbocycles. The third kappa shape index (κ3) is 4.33. The van der Waals surface area contributed by atoms with Crippen LogP contribution in [0.15, 0.2) is 28.7 Å². The van der Waals surface area contributed by atoms with Crippen molar-refractivity contribution in [2.24, 2.45) is 5.92 Å². The van der Waals surface area contributed by atoms with E-state index in [2.05, 4.69) is 24.5 Å². The molecule has 2 aromatic rings. The molecule has 1 heterocycles. The SMILES string of the molecule is COCCNCC(=O)NC(c1oc2ccccc2c1C)C(C)C. The average molecular weight is 318 g/mol. The monoisotopic (exact) mass is 318 g/mol. The van der Waals surface area contributed by atoms with Gasteiger partial charge in [-0.1, -0.05) is 32.0 Å². The summed E-state index contributed by atoms with van der Waals surface area (Å²) in [6.45, 7) is 7.71. The van der Waals surface area contributed by atoms with Gasteiger partial charge in [0.05, 0.1) is 19.2 Å². The Morgan fingerprint density at radius 2 is 2.04 bits per heavy atom. The van der Waals surface area contributed by atoms with Crippen LogP contribution in [0, 0.1) is 12.8 Å². The highest BCUT2D eigenvalue weighted by molar-refractivity contribution is 5.83. The summed E-state index contributed by atoms with van der Waals surface area (Å²) in [5.74, 6) is 1.03. The van der Waals surface area contributed by atoms with Gasteiger partial charge in [-0.2, -0.15) is 0 Å². The van der Waals surface area contributed by atoms with Crippen molar-refractivity contribution in [3.05, 3.63) is 35.6 Å². The summed E-state index contributed by atoms with van der Waals surface area (Å²) < 4.78 is 11.0. The normalized spacial score (nSPS) is 12.7. The van der Waals surface area contributed by atoms with Gasteiger partial charge in [-0.15, -0.1) is 0 Å². The lowest BCUT2D eigenvalue weighted by Gasteiger charge is -2.21. The summed E-state index contributed by atoms with van der Waals surface area (Å²) in [7, 11) is 1.64. The van der Waals surface area contributed by atoms with E-state index in [-0.39, 0.29) is 24.4 Å². The molecule has 1 aromatic heterocycles. The molecule has 0 aliphatic heterocycles. The fourth-order valence-corrected chi connectivity index (χ4v) is 2.63. The van der Waals surface area contributed by atoms with Gasteiger partial charge in [0.2, 0.25) is 5.91 Å². The summed E-state index contributed by atoms with van der Waals surface area (Å²) in [6.07, 6.45) is 0. The van der Waals surface area contributed by atoms with Crippen LogP contribution in [0.3, 0.4) is 0 Å². The smallest absolute Gasteiger partial charge is 0.234 e. The number of carbonyl (C=O) groups excluding carboxylic acids is 1. The van der Waals surface area contributed by atoms with Crippen molar-refractivity contribution in [1.82, 2.24) is 10.6 Å². The predicted octanol–water partition coefficient (Wildman–Crippen LogP) is 2.79. The molecule has 0 radical (unpaired) electrons. The molecule has 0 aliphatic carbocycles. The lowest BCUT2D eigenvalue weighted by Crippen LogP contribution is -2.39. The largest absolute Gasteiger partial charge is 0.459 e. The van der Waals surface area contributed by atoms with E-state index in [9.17, 15) is 4.79 Å². The maximum absolute atomic E-state index is 12.2. The minimum absolute atomic E-state index is 0.0420. The number of nitrogens with one attached hydrogen (secondary N) is 2. The topological polar surface area (TPSA) is 63.5 Å². The number of methoxy groups -OCH3 is 1. The minimum atomic E-state index is -0.140. The van der Waals surface area contributed by atoms with Crippen LogP contribution < -0.4 is 10.6 Å². The molecule has 1 atom stereocenters. The number of amides is 1. The third-order valence-corrected chi connectivity index (χ3v) is 3.91. The van der Waals surface area contributed by atoms with Gasteiger partial charge in [0.25, 0.3) is 0 Å². The Balaban J connectivity index is 2.11. The lowest BCUT2D eigenvalue weighted by atomic mass is 9.98. The number of ether oxygens (including phenoxy) is 1. The van der Waals surface area contributed by atoms with Gasteiger partial charge >= 0.3 is 0 Å². The molecule has 2 rings (SSSR count). The van der Waals surface area contributed by atoms with Crippen LogP contribution in [-0.4, -0.2) is 32.7 Å². The van der Waals surface area contributed by atoms with Crippen LogP contribution in [0.5, 0.6) is 0 Å². The van der Waals surface area contributed by atoms with Gasteiger partial charge in [-0.25, -0.2) is 0 Å². The Kier molecular flexibility index (Phi) is 6.19. The molecule has 0 bridgehead atoms. The van der Waals surface area contributed by atoms with E-state index in [1.54, 1.807) is 7.11 Å². The van der Waals surface area contributed by atoms with Gasteiger partial charge in [0, 0.05) is 24.6 Å². The standard InChI is InChI=1S/C18H26N2O3/c1-12(2)17(20-16(21)11-19-9-10-22-4)18-13(3)14-7-5-6-8-15(14)23-18/h5-8,12,17,19H,9-11H2,1-4H3,(H,20,21). The average Bonchev–Trinajstić information content (AvgIpc) is 2.86. The van der Waals surface area contributed by atoms with Crippen LogP contribution in [0.1, 0.15) is 31.2 Å². The Morgan fingerprint density at radius 3 is 2.70 bits per heavy atom. The molecule has 0 spiro atoms. The Hall–Kier alpha value is -1.85. The molecular formula is C18H26N2O3. The number of fused-ring (bicyclic) bond motifs is 1. The Labute approximate surface area is 137 Å². The quantitative estimate of drug-likeness (QED) is 0.735. The van der Waals surface area contributed by atoms with Crippen LogP contribution in [-0.2, 0) is 9.53 Å². The zero-order valence-corrected chi connectivity index (χ0v) is 14.3. The van der Waals surface area contributed by atoms with Crippen LogP contribution >= 0.6 is 0 Å². The number of para-hydroxylation sites is 1. The highest BCUT2D eigenvalue weighted by Gasteiger charge is 2.24. The second-order valence-corrected chi connectivity index (χ2v) is 6.05. The van der Waals surface area contributed by atoms with Crippen molar-refractivity contribution in [2.75, 3.05) is 26.8 Å². The second-order valence-electron chi connectivity index (χ2n) is 6.05. The highest BCUT2D eigenvalue weighted by Crippen LogP contribution is 2.32. The zero-order chi connectivity index (χ0) is 16.8. The Bertz CT molecular complexity index is 649. The zero-order valence-electron chi connectivity index (χ0n) is 14.3. The maximum atomic E-state index is 12.2. The predicted molar refractivity (Wildman–Crippen MR) is 91.4 cm³/mol. The van der Waals surface area contributed by atoms with Gasteiger partial charge < -0.3 is 19.8 Å². The van der Waals surface area contributed by atoms with Gasteiger partial charge in [-0.05, 0) is 18.9 Å². The molecule has 1 amide bonds. The fourth-order valence-electron chi connectivity index (χ4n) is 2.63. The molecule has 0 fully saturated rings. The van der Waals surface area contributed by atoms with E-state index >= 15 is 0 Å². The van der Waals surface area contributed by atoms with Crippen LogP contribution in [0.4, 0.5) is 0 Å². The molecule has 23 heavy (non-hydrogen) atoms. The molecule has 126 valence electrons. The number of furan rings is 1. The van der Waals surface area contributed by atoms with Crippen molar-refractivity contribution in [3.8, 4) is 0 Å². The summed E-state index contributed by atoms with van der Waals surface area (Å²) in [4.78, 5) is 12.2. The highest BCUT2D eigenvalue weighted by atomic mass is 16.5. The van der Waals surface area contributed by atoms with Crippen LogP contribution in [0.25, 0.3) is 11.0 Å². The number of hydrogen-bond donors (Lipinski definition) is 2. The first kappa shape index (κ1) is 17.5.